The first-order valence-electron chi connectivity index (χ1n) is 8.83. The predicted octanol–water partition coefficient (Wildman–Crippen LogP) is 4.81. The first-order valence-corrected chi connectivity index (χ1v) is 8.83. The van der Waals surface area contributed by atoms with Crippen molar-refractivity contribution in [3.63, 3.8) is 0 Å². The summed E-state index contributed by atoms with van der Waals surface area (Å²) in [5.74, 6) is 0.111. The quantitative estimate of drug-likeness (QED) is 0.737. The van der Waals surface area contributed by atoms with Crippen molar-refractivity contribution in [2.24, 2.45) is 0 Å². The Morgan fingerprint density at radius 1 is 0.875 bits per heavy atom. The minimum absolute atomic E-state index is 0.111. The molecule has 2 heteroatoms. The highest BCUT2D eigenvalue weighted by Gasteiger charge is 2.10. The summed E-state index contributed by atoms with van der Waals surface area (Å²) < 4.78 is 0. The van der Waals surface area contributed by atoms with Crippen LogP contribution in [0.5, 0.6) is 0 Å². The maximum Gasteiger partial charge on any atom is 0.159 e. The third-order valence-corrected chi connectivity index (χ3v) is 4.69. The molecule has 0 aliphatic carbocycles. The number of hydrogen-bond acceptors (Lipinski definition) is 2. The number of carbonyl (C=O) groups is 1. The van der Waals surface area contributed by atoms with Gasteiger partial charge in [-0.3, -0.25) is 9.69 Å². The summed E-state index contributed by atoms with van der Waals surface area (Å²) in [5, 5.41) is 0. The van der Waals surface area contributed by atoms with Crippen molar-refractivity contribution in [1.29, 1.82) is 0 Å². The number of nitrogens with zero attached hydrogens (tertiary/aromatic N) is 1. The molecule has 1 aliphatic rings. The van der Waals surface area contributed by atoms with E-state index in [-0.39, 0.29) is 5.78 Å². The van der Waals surface area contributed by atoms with Gasteiger partial charge in [0.05, 0.1) is 0 Å². The van der Waals surface area contributed by atoms with Gasteiger partial charge in [0, 0.05) is 12.1 Å². The van der Waals surface area contributed by atoms with E-state index in [1.807, 2.05) is 18.2 Å². The standard InChI is InChI=1S/C22H25NO/c1-18(24)19-10-12-21(13-11-19)22(20-8-4-2-5-9-20)14-17-23-15-6-3-7-16-23/h2,4-5,8-14H,3,6-7,15-17H2,1H3/b22-14+. The number of benzene rings is 2. The van der Waals surface area contributed by atoms with Crippen molar-refractivity contribution in [2.75, 3.05) is 19.6 Å². The van der Waals surface area contributed by atoms with Crippen LogP contribution in [-0.2, 0) is 0 Å². The Morgan fingerprint density at radius 3 is 2.08 bits per heavy atom. The molecule has 1 fully saturated rings. The fourth-order valence-corrected chi connectivity index (χ4v) is 3.27. The maximum atomic E-state index is 11.5. The van der Waals surface area contributed by atoms with Gasteiger partial charge in [0.25, 0.3) is 0 Å². The lowest BCUT2D eigenvalue weighted by Crippen LogP contribution is -2.29. The molecule has 0 saturated carbocycles. The van der Waals surface area contributed by atoms with Crippen molar-refractivity contribution >= 4 is 11.4 Å². The number of piperidine rings is 1. The minimum Gasteiger partial charge on any atom is -0.300 e. The summed E-state index contributed by atoms with van der Waals surface area (Å²) in [6.45, 7) is 4.99. The normalized spacial score (nSPS) is 16.1. The molecule has 3 rings (SSSR count). The van der Waals surface area contributed by atoms with Gasteiger partial charge >= 0.3 is 0 Å². The molecule has 2 nitrogen and oxygen atoms in total. The fourth-order valence-electron chi connectivity index (χ4n) is 3.27. The van der Waals surface area contributed by atoms with E-state index in [1.165, 1.54) is 49.1 Å². The molecular weight excluding hydrogens is 294 g/mol. The van der Waals surface area contributed by atoms with Gasteiger partial charge < -0.3 is 0 Å². The third kappa shape index (κ3) is 4.21. The van der Waals surface area contributed by atoms with Crippen molar-refractivity contribution in [1.82, 2.24) is 4.90 Å². The zero-order valence-electron chi connectivity index (χ0n) is 14.4. The molecule has 1 saturated heterocycles. The van der Waals surface area contributed by atoms with Crippen LogP contribution in [0, 0.1) is 0 Å². The summed E-state index contributed by atoms with van der Waals surface area (Å²) in [4.78, 5) is 14.0. The molecule has 0 unspecified atom stereocenters. The lowest BCUT2D eigenvalue weighted by molar-refractivity contribution is 0.101. The monoisotopic (exact) mass is 319 g/mol. The van der Waals surface area contributed by atoms with Gasteiger partial charge in [-0.1, -0.05) is 67.1 Å². The number of Topliss-reactive ketones (excluding diaryl/α,β-unsaturated/α-hetero) is 1. The molecule has 0 bridgehead atoms. The van der Waals surface area contributed by atoms with Gasteiger partial charge in [-0.25, -0.2) is 0 Å². The van der Waals surface area contributed by atoms with Gasteiger partial charge in [-0.2, -0.15) is 0 Å². The summed E-state index contributed by atoms with van der Waals surface area (Å²) in [6.07, 6.45) is 6.31. The van der Waals surface area contributed by atoms with E-state index in [0.717, 1.165) is 12.1 Å². The van der Waals surface area contributed by atoms with Gasteiger partial charge in [0.15, 0.2) is 5.78 Å². The van der Waals surface area contributed by atoms with E-state index in [9.17, 15) is 4.79 Å². The molecule has 2 aromatic rings. The average Bonchev–Trinajstić information content (AvgIpc) is 2.64. The second-order valence-corrected chi connectivity index (χ2v) is 6.48. The summed E-state index contributed by atoms with van der Waals surface area (Å²) in [5.41, 5.74) is 4.41. The molecule has 0 radical (unpaired) electrons. The van der Waals surface area contributed by atoms with Crippen LogP contribution in [0.4, 0.5) is 0 Å². The van der Waals surface area contributed by atoms with Crippen molar-refractivity contribution in [2.45, 2.75) is 26.2 Å². The van der Waals surface area contributed by atoms with Gasteiger partial charge in [0.1, 0.15) is 0 Å². The molecule has 0 amide bonds. The third-order valence-electron chi connectivity index (χ3n) is 4.69. The number of rotatable bonds is 5. The first kappa shape index (κ1) is 16.7. The SMILES string of the molecule is CC(=O)c1ccc(/C(=C/CN2CCCCC2)c2ccccc2)cc1. The van der Waals surface area contributed by atoms with Gasteiger partial charge in [-0.15, -0.1) is 0 Å². The van der Waals surface area contributed by atoms with E-state index in [2.05, 4.69) is 47.4 Å². The Kier molecular flexibility index (Phi) is 5.60. The predicted molar refractivity (Wildman–Crippen MR) is 100 cm³/mol. The van der Waals surface area contributed by atoms with Crippen molar-refractivity contribution in [3.05, 3.63) is 77.4 Å². The smallest absolute Gasteiger partial charge is 0.159 e. The zero-order chi connectivity index (χ0) is 16.8. The Hall–Kier alpha value is -2.19. The molecule has 24 heavy (non-hydrogen) atoms. The fraction of sp³-hybridized carbons (Fsp3) is 0.318. The van der Waals surface area contributed by atoms with Crippen LogP contribution in [-0.4, -0.2) is 30.3 Å². The van der Waals surface area contributed by atoms with E-state index >= 15 is 0 Å². The molecule has 124 valence electrons. The van der Waals surface area contributed by atoms with Crippen molar-refractivity contribution < 1.29 is 4.79 Å². The van der Waals surface area contributed by atoms with Crippen LogP contribution >= 0.6 is 0 Å². The number of carbonyl (C=O) groups excluding carboxylic acids is 1. The average molecular weight is 319 g/mol. The van der Waals surface area contributed by atoms with E-state index in [4.69, 9.17) is 0 Å². The Labute approximate surface area is 144 Å². The molecule has 0 N–H and O–H groups in total. The van der Waals surface area contributed by atoms with E-state index < -0.39 is 0 Å². The Balaban J connectivity index is 1.88. The van der Waals surface area contributed by atoms with E-state index in [0.29, 0.717) is 0 Å². The molecule has 2 aromatic carbocycles. The lowest BCUT2D eigenvalue weighted by Gasteiger charge is -2.25. The first-order chi connectivity index (χ1) is 11.7. The highest BCUT2D eigenvalue weighted by molar-refractivity contribution is 5.94. The van der Waals surface area contributed by atoms with Gasteiger partial charge in [0.2, 0.25) is 0 Å². The molecule has 0 spiro atoms. The van der Waals surface area contributed by atoms with Crippen LogP contribution in [0.3, 0.4) is 0 Å². The topological polar surface area (TPSA) is 20.3 Å². The zero-order valence-corrected chi connectivity index (χ0v) is 14.4. The Morgan fingerprint density at radius 2 is 1.46 bits per heavy atom. The van der Waals surface area contributed by atoms with Crippen molar-refractivity contribution in [3.8, 4) is 0 Å². The summed E-state index contributed by atoms with van der Waals surface area (Å²) in [7, 11) is 0. The summed E-state index contributed by atoms with van der Waals surface area (Å²) in [6, 6.07) is 18.5. The second kappa shape index (κ2) is 8.07. The van der Waals surface area contributed by atoms with Crippen LogP contribution < -0.4 is 0 Å². The summed E-state index contributed by atoms with van der Waals surface area (Å²) >= 11 is 0. The number of ketones is 1. The second-order valence-electron chi connectivity index (χ2n) is 6.48. The molecule has 1 aliphatic heterocycles. The lowest BCUT2D eigenvalue weighted by atomic mass is 9.96. The van der Waals surface area contributed by atoms with Crippen LogP contribution in [0.1, 0.15) is 47.7 Å². The van der Waals surface area contributed by atoms with Crippen LogP contribution in [0.2, 0.25) is 0 Å². The number of hydrogen-bond donors (Lipinski definition) is 0. The molecule has 0 aromatic heterocycles. The largest absolute Gasteiger partial charge is 0.300 e. The molecule has 0 atom stereocenters. The highest BCUT2D eigenvalue weighted by atomic mass is 16.1. The van der Waals surface area contributed by atoms with Gasteiger partial charge in [-0.05, 0) is 49.6 Å². The van der Waals surface area contributed by atoms with Crippen LogP contribution in [0.25, 0.3) is 5.57 Å². The minimum atomic E-state index is 0.111. The van der Waals surface area contributed by atoms with E-state index in [1.54, 1.807) is 6.92 Å². The highest BCUT2D eigenvalue weighted by Crippen LogP contribution is 2.24. The molecular formula is C22H25NO. The van der Waals surface area contributed by atoms with Crippen LogP contribution in [0.15, 0.2) is 60.7 Å². The Bertz CT molecular complexity index is 695. The maximum absolute atomic E-state index is 11.5. The molecule has 1 heterocycles. The number of likely N-dealkylation sites (tertiary alicyclic amines) is 1.